The second-order valence-corrected chi connectivity index (χ2v) is 4.09. The summed E-state index contributed by atoms with van der Waals surface area (Å²) in [4.78, 5) is 11.5. The number of hydrogen-bond acceptors (Lipinski definition) is 4. The number of nitrogens with two attached hydrogens (primary N) is 1. The van der Waals surface area contributed by atoms with Crippen molar-refractivity contribution < 1.29 is 9.53 Å². The SMILES string of the molecule is CC(C)OCCCCNC(=O)c1cc(N)n[nH]1. The van der Waals surface area contributed by atoms with Crippen molar-refractivity contribution in [3.05, 3.63) is 11.8 Å². The summed E-state index contributed by atoms with van der Waals surface area (Å²) in [5.74, 6) is 0.138. The van der Waals surface area contributed by atoms with Crippen LogP contribution in [0.15, 0.2) is 6.07 Å². The Hall–Kier alpha value is -1.56. The quantitative estimate of drug-likeness (QED) is 0.618. The van der Waals surface area contributed by atoms with Gasteiger partial charge in [-0.05, 0) is 26.7 Å². The van der Waals surface area contributed by atoms with Crippen molar-refractivity contribution in [2.45, 2.75) is 32.8 Å². The van der Waals surface area contributed by atoms with Gasteiger partial charge < -0.3 is 15.8 Å². The van der Waals surface area contributed by atoms with Gasteiger partial charge in [0.2, 0.25) is 0 Å². The molecule has 1 amide bonds. The van der Waals surface area contributed by atoms with Crippen LogP contribution in [0.25, 0.3) is 0 Å². The number of nitrogens with zero attached hydrogens (tertiary/aromatic N) is 1. The van der Waals surface area contributed by atoms with Gasteiger partial charge in [0.25, 0.3) is 5.91 Å². The number of aromatic amines is 1. The zero-order valence-corrected chi connectivity index (χ0v) is 10.3. The van der Waals surface area contributed by atoms with E-state index in [9.17, 15) is 4.79 Å². The molecule has 0 atom stereocenters. The van der Waals surface area contributed by atoms with Crippen molar-refractivity contribution in [3.63, 3.8) is 0 Å². The summed E-state index contributed by atoms with van der Waals surface area (Å²) in [6.45, 7) is 5.36. The number of hydrogen-bond donors (Lipinski definition) is 3. The van der Waals surface area contributed by atoms with Crippen LogP contribution in [0.4, 0.5) is 5.82 Å². The van der Waals surface area contributed by atoms with Crippen LogP contribution < -0.4 is 11.1 Å². The number of rotatable bonds is 7. The predicted molar refractivity (Wildman–Crippen MR) is 65.7 cm³/mol. The van der Waals surface area contributed by atoms with Crippen LogP contribution in [0.3, 0.4) is 0 Å². The van der Waals surface area contributed by atoms with Gasteiger partial charge in [-0.15, -0.1) is 0 Å². The standard InChI is InChI=1S/C11H20N4O2/c1-8(2)17-6-4-3-5-13-11(16)9-7-10(12)15-14-9/h7-8H,3-6H2,1-2H3,(H,13,16)(H3,12,14,15). The number of H-pyrrole nitrogens is 1. The Morgan fingerprint density at radius 3 is 2.94 bits per heavy atom. The molecule has 0 saturated carbocycles. The third-order valence-electron chi connectivity index (χ3n) is 2.15. The maximum absolute atomic E-state index is 11.5. The summed E-state index contributed by atoms with van der Waals surface area (Å²) in [5.41, 5.74) is 5.79. The molecular formula is C11H20N4O2. The van der Waals surface area contributed by atoms with Gasteiger partial charge in [0.1, 0.15) is 11.5 Å². The van der Waals surface area contributed by atoms with E-state index in [0.717, 1.165) is 19.4 Å². The van der Waals surface area contributed by atoms with Gasteiger partial charge >= 0.3 is 0 Å². The van der Waals surface area contributed by atoms with Gasteiger partial charge in [-0.3, -0.25) is 9.89 Å². The molecule has 0 bridgehead atoms. The van der Waals surface area contributed by atoms with Crippen molar-refractivity contribution in [3.8, 4) is 0 Å². The molecule has 6 nitrogen and oxygen atoms in total. The maximum Gasteiger partial charge on any atom is 0.269 e. The largest absolute Gasteiger partial charge is 0.382 e. The molecular weight excluding hydrogens is 220 g/mol. The third kappa shape index (κ3) is 5.35. The second kappa shape index (κ2) is 6.90. The van der Waals surface area contributed by atoms with Crippen LogP contribution >= 0.6 is 0 Å². The van der Waals surface area contributed by atoms with Gasteiger partial charge in [0.05, 0.1) is 6.10 Å². The molecule has 0 aliphatic rings. The van der Waals surface area contributed by atoms with Gasteiger partial charge in [-0.1, -0.05) is 0 Å². The second-order valence-electron chi connectivity index (χ2n) is 4.09. The number of nitrogen functional groups attached to an aromatic ring is 1. The van der Waals surface area contributed by atoms with Gasteiger partial charge in [0.15, 0.2) is 0 Å². The summed E-state index contributed by atoms with van der Waals surface area (Å²) in [6, 6.07) is 1.51. The van der Waals surface area contributed by atoms with Crippen molar-refractivity contribution >= 4 is 11.7 Å². The summed E-state index contributed by atoms with van der Waals surface area (Å²) >= 11 is 0. The molecule has 1 heterocycles. The zero-order chi connectivity index (χ0) is 12.7. The predicted octanol–water partition coefficient (Wildman–Crippen LogP) is 0.927. The molecule has 1 aromatic heterocycles. The van der Waals surface area contributed by atoms with E-state index >= 15 is 0 Å². The maximum atomic E-state index is 11.5. The van der Waals surface area contributed by atoms with E-state index in [-0.39, 0.29) is 12.0 Å². The first-order valence-electron chi connectivity index (χ1n) is 5.80. The smallest absolute Gasteiger partial charge is 0.269 e. The lowest BCUT2D eigenvalue weighted by atomic mass is 10.3. The average molecular weight is 240 g/mol. The third-order valence-corrected chi connectivity index (χ3v) is 2.15. The van der Waals surface area contributed by atoms with Crippen molar-refractivity contribution in [1.82, 2.24) is 15.5 Å². The van der Waals surface area contributed by atoms with Crippen LogP contribution in [-0.2, 0) is 4.74 Å². The van der Waals surface area contributed by atoms with Crippen LogP contribution in [0.5, 0.6) is 0 Å². The Labute approximate surface area is 101 Å². The molecule has 0 radical (unpaired) electrons. The molecule has 0 saturated heterocycles. The molecule has 0 spiro atoms. The summed E-state index contributed by atoms with van der Waals surface area (Å²) < 4.78 is 5.39. The Balaban J connectivity index is 2.09. The molecule has 4 N–H and O–H groups in total. The topological polar surface area (TPSA) is 93.0 Å². The number of anilines is 1. The van der Waals surface area contributed by atoms with Crippen molar-refractivity contribution in [2.75, 3.05) is 18.9 Å². The van der Waals surface area contributed by atoms with E-state index in [1.165, 1.54) is 6.07 Å². The molecule has 0 unspecified atom stereocenters. The normalized spacial score (nSPS) is 10.8. The van der Waals surface area contributed by atoms with E-state index < -0.39 is 0 Å². The first kappa shape index (κ1) is 13.5. The Kier molecular flexibility index (Phi) is 5.48. The molecule has 96 valence electrons. The lowest BCUT2D eigenvalue weighted by Crippen LogP contribution is -2.25. The van der Waals surface area contributed by atoms with Gasteiger partial charge in [0, 0.05) is 19.2 Å². The van der Waals surface area contributed by atoms with E-state index in [1.54, 1.807) is 0 Å². The number of carbonyl (C=O) groups excluding carboxylic acids is 1. The first-order valence-corrected chi connectivity index (χ1v) is 5.80. The molecule has 0 aliphatic heterocycles. The summed E-state index contributed by atoms with van der Waals surface area (Å²) in [7, 11) is 0. The number of nitrogens with one attached hydrogen (secondary N) is 2. The minimum Gasteiger partial charge on any atom is -0.382 e. The highest BCUT2D eigenvalue weighted by Gasteiger charge is 2.07. The lowest BCUT2D eigenvalue weighted by Gasteiger charge is -2.07. The highest BCUT2D eigenvalue weighted by Crippen LogP contribution is 2.00. The number of aromatic nitrogens is 2. The Morgan fingerprint density at radius 2 is 2.35 bits per heavy atom. The fourth-order valence-electron chi connectivity index (χ4n) is 1.30. The van der Waals surface area contributed by atoms with Crippen molar-refractivity contribution in [2.24, 2.45) is 0 Å². The molecule has 0 fully saturated rings. The van der Waals surface area contributed by atoms with Gasteiger partial charge in [-0.25, -0.2) is 0 Å². The fraction of sp³-hybridized carbons (Fsp3) is 0.636. The zero-order valence-electron chi connectivity index (χ0n) is 10.3. The summed E-state index contributed by atoms with van der Waals surface area (Å²) in [6.07, 6.45) is 2.09. The minimum absolute atomic E-state index is 0.182. The van der Waals surface area contributed by atoms with Crippen LogP contribution in [0.1, 0.15) is 37.2 Å². The van der Waals surface area contributed by atoms with Gasteiger partial charge in [-0.2, -0.15) is 5.10 Å². The van der Waals surface area contributed by atoms with E-state index in [2.05, 4.69) is 15.5 Å². The lowest BCUT2D eigenvalue weighted by molar-refractivity contribution is 0.0754. The van der Waals surface area contributed by atoms with Crippen molar-refractivity contribution in [1.29, 1.82) is 0 Å². The number of ether oxygens (including phenoxy) is 1. The van der Waals surface area contributed by atoms with Crippen LogP contribution in [0, 0.1) is 0 Å². The highest BCUT2D eigenvalue weighted by molar-refractivity contribution is 5.92. The molecule has 0 aliphatic carbocycles. The number of carbonyl (C=O) groups is 1. The molecule has 0 aromatic carbocycles. The summed E-state index contributed by atoms with van der Waals surface area (Å²) in [5, 5.41) is 9.03. The fourth-order valence-corrected chi connectivity index (χ4v) is 1.30. The van der Waals surface area contributed by atoms with Crippen LogP contribution in [0.2, 0.25) is 0 Å². The van der Waals surface area contributed by atoms with E-state index in [0.29, 0.717) is 18.1 Å². The van der Waals surface area contributed by atoms with E-state index in [4.69, 9.17) is 10.5 Å². The minimum atomic E-state index is -0.182. The highest BCUT2D eigenvalue weighted by atomic mass is 16.5. The van der Waals surface area contributed by atoms with E-state index in [1.807, 2.05) is 13.8 Å². The number of unbranched alkanes of at least 4 members (excludes halogenated alkanes) is 1. The Morgan fingerprint density at radius 1 is 1.59 bits per heavy atom. The monoisotopic (exact) mass is 240 g/mol. The Bertz CT molecular complexity index is 349. The molecule has 1 rings (SSSR count). The van der Waals surface area contributed by atoms with Crippen LogP contribution in [-0.4, -0.2) is 35.4 Å². The first-order chi connectivity index (χ1) is 8.09. The molecule has 6 heteroatoms. The number of amides is 1. The molecule has 17 heavy (non-hydrogen) atoms. The molecule has 1 aromatic rings. The average Bonchev–Trinajstić information content (AvgIpc) is 2.69.